The van der Waals surface area contributed by atoms with Crippen molar-refractivity contribution in [1.29, 1.82) is 0 Å². The lowest BCUT2D eigenvalue weighted by Gasteiger charge is -2.35. The van der Waals surface area contributed by atoms with E-state index < -0.39 is 6.36 Å². The molecule has 4 nitrogen and oxygen atoms in total. The Labute approximate surface area is 160 Å². The molecule has 1 aliphatic heterocycles. The van der Waals surface area contributed by atoms with Crippen molar-refractivity contribution in [3.8, 4) is 11.5 Å². The smallest absolute Gasteiger partial charge is 0.496 e. The zero-order valence-corrected chi connectivity index (χ0v) is 15.7. The monoisotopic (exact) mass is 408 g/mol. The van der Waals surface area contributed by atoms with Gasteiger partial charge in [0.15, 0.2) is 0 Å². The van der Waals surface area contributed by atoms with E-state index in [1.807, 2.05) is 17.5 Å². The quantitative estimate of drug-likeness (QED) is 0.808. The lowest BCUT2D eigenvalue weighted by molar-refractivity contribution is -0.274. The molecule has 2 aromatic rings. The molecule has 2 heterocycles. The number of ether oxygens (including phenoxy) is 2. The molecule has 3 rings (SSSR count). The van der Waals surface area contributed by atoms with Crippen LogP contribution in [0.2, 0.25) is 0 Å². The van der Waals surface area contributed by atoms with Crippen molar-refractivity contribution in [2.75, 3.05) is 33.3 Å². The van der Waals surface area contributed by atoms with Crippen LogP contribution in [0.5, 0.6) is 11.5 Å². The van der Waals surface area contributed by atoms with Gasteiger partial charge in [-0.1, -0.05) is 6.07 Å². The average Bonchev–Trinajstić information content (AvgIpc) is 3.09. The van der Waals surface area contributed by atoms with Crippen LogP contribution < -0.4 is 14.8 Å². The second-order valence-electron chi connectivity index (χ2n) is 5.66. The molecule has 1 N–H and O–H groups in total. The molecule has 1 aromatic carbocycles. The van der Waals surface area contributed by atoms with Crippen molar-refractivity contribution in [2.45, 2.75) is 12.4 Å². The van der Waals surface area contributed by atoms with Gasteiger partial charge in [0.1, 0.15) is 11.5 Å². The first-order valence-corrected chi connectivity index (χ1v) is 8.78. The summed E-state index contributed by atoms with van der Waals surface area (Å²) in [7, 11) is 1.52. The summed E-state index contributed by atoms with van der Waals surface area (Å²) >= 11 is 1.58. The lowest BCUT2D eigenvalue weighted by Crippen LogP contribution is -2.45. The number of piperazine rings is 1. The van der Waals surface area contributed by atoms with Crippen LogP contribution in [0.25, 0.3) is 0 Å². The third-order valence-electron chi connectivity index (χ3n) is 4.06. The van der Waals surface area contributed by atoms with E-state index in [1.165, 1.54) is 25.3 Å². The molecule has 26 heavy (non-hydrogen) atoms. The Balaban J connectivity index is 0.00000243. The van der Waals surface area contributed by atoms with Crippen LogP contribution in [-0.4, -0.2) is 44.6 Å². The van der Waals surface area contributed by atoms with E-state index in [4.69, 9.17) is 4.74 Å². The largest absolute Gasteiger partial charge is 0.573 e. The second kappa shape index (κ2) is 8.94. The highest BCUT2D eigenvalue weighted by atomic mass is 35.5. The normalized spacial score (nSPS) is 16.6. The molecular weight excluding hydrogens is 389 g/mol. The standard InChI is InChI=1S/C17H19F3N2O2S.ClH/c1-23-14-5-4-12(24-17(18,19)20)11-13(14)16(15-3-2-10-25-15)22-8-6-21-7-9-22;/h2-5,10-11,16,21H,6-9H2,1H3;1H/t16-;/m0./s1. The highest BCUT2D eigenvalue weighted by Crippen LogP contribution is 2.39. The molecule has 0 amide bonds. The maximum absolute atomic E-state index is 12.6. The molecule has 1 aromatic heterocycles. The maximum Gasteiger partial charge on any atom is 0.573 e. The lowest BCUT2D eigenvalue weighted by atomic mass is 10.0. The van der Waals surface area contributed by atoms with Gasteiger partial charge in [0, 0.05) is 36.6 Å². The number of benzene rings is 1. The molecule has 144 valence electrons. The fourth-order valence-electron chi connectivity index (χ4n) is 3.04. The Morgan fingerprint density at radius 1 is 1.19 bits per heavy atom. The van der Waals surface area contributed by atoms with E-state index in [-0.39, 0.29) is 24.2 Å². The number of halogens is 4. The fraction of sp³-hybridized carbons (Fsp3) is 0.412. The van der Waals surface area contributed by atoms with Gasteiger partial charge in [-0.25, -0.2) is 0 Å². The van der Waals surface area contributed by atoms with Gasteiger partial charge in [0.25, 0.3) is 0 Å². The highest BCUT2D eigenvalue weighted by molar-refractivity contribution is 7.10. The van der Waals surface area contributed by atoms with Crippen LogP contribution in [0.1, 0.15) is 16.5 Å². The molecular formula is C17H20ClF3N2O2S. The predicted octanol–water partition coefficient (Wildman–Crippen LogP) is 4.07. The van der Waals surface area contributed by atoms with Crippen molar-refractivity contribution < 1.29 is 22.6 Å². The maximum atomic E-state index is 12.6. The number of methoxy groups -OCH3 is 1. The van der Waals surface area contributed by atoms with E-state index in [1.54, 1.807) is 11.3 Å². The summed E-state index contributed by atoms with van der Waals surface area (Å²) < 4.78 is 47.4. The molecule has 0 unspecified atom stereocenters. The van der Waals surface area contributed by atoms with Gasteiger partial charge in [0.05, 0.1) is 13.2 Å². The van der Waals surface area contributed by atoms with Crippen molar-refractivity contribution in [1.82, 2.24) is 10.2 Å². The third kappa shape index (κ3) is 5.03. The summed E-state index contributed by atoms with van der Waals surface area (Å²) in [6.45, 7) is 3.28. The first-order valence-electron chi connectivity index (χ1n) is 7.90. The zero-order valence-electron chi connectivity index (χ0n) is 14.1. The molecule has 0 radical (unpaired) electrons. The number of nitrogens with zero attached hydrogens (tertiary/aromatic N) is 1. The first-order chi connectivity index (χ1) is 12.0. The van der Waals surface area contributed by atoms with Gasteiger partial charge in [-0.15, -0.1) is 36.9 Å². The summed E-state index contributed by atoms with van der Waals surface area (Å²) in [6, 6.07) is 8.00. The Kier molecular flexibility index (Phi) is 7.16. The van der Waals surface area contributed by atoms with Crippen molar-refractivity contribution in [2.24, 2.45) is 0 Å². The van der Waals surface area contributed by atoms with E-state index in [2.05, 4.69) is 15.0 Å². The summed E-state index contributed by atoms with van der Waals surface area (Å²) in [5.41, 5.74) is 0.675. The van der Waals surface area contributed by atoms with Crippen molar-refractivity contribution >= 4 is 23.7 Å². The number of rotatable bonds is 5. The minimum absolute atomic E-state index is 0. The Bertz CT molecular complexity index is 692. The molecule has 1 aliphatic rings. The van der Waals surface area contributed by atoms with Gasteiger partial charge < -0.3 is 14.8 Å². The fourth-order valence-corrected chi connectivity index (χ4v) is 3.92. The number of thiophene rings is 1. The van der Waals surface area contributed by atoms with Crippen molar-refractivity contribution in [3.63, 3.8) is 0 Å². The number of hydrogen-bond donors (Lipinski definition) is 1. The van der Waals surface area contributed by atoms with Gasteiger partial charge in [-0.05, 0) is 29.6 Å². The summed E-state index contributed by atoms with van der Waals surface area (Å²) in [4.78, 5) is 3.31. The molecule has 0 spiro atoms. The zero-order chi connectivity index (χ0) is 17.9. The number of alkyl halides is 3. The molecule has 0 saturated carbocycles. The average molecular weight is 409 g/mol. The van der Waals surface area contributed by atoms with Crippen LogP contribution in [0.3, 0.4) is 0 Å². The van der Waals surface area contributed by atoms with E-state index in [0.717, 1.165) is 31.1 Å². The van der Waals surface area contributed by atoms with Gasteiger partial charge in [0.2, 0.25) is 0 Å². The van der Waals surface area contributed by atoms with Crippen LogP contribution in [0, 0.1) is 0 Å². The number of hydrogen-bond acceptors (Lipinski definition) is 5. The predicted molar refractivity (Wildman–Crippen MR) is 97.5 cm³/mol. The Hall–Kier alpha value is -1.48. The van der Waals surface area contributed by atoms with Crippen LogP contribution >= 0.6 is 23.7 Å². The summed E-state index contributed by atoms with van der Waals surface area (Å²) in [6.07, 6.45) is -4.72. The van der Waals surface area contributed by atoms with Crippen LogP contribution in [0.4, 0.5) is 13.2 Å². The SMILES string of the molecule is COc1ccc(OC(F)(F)F)cc1[C@@H](c1cccs1)N1CCNCC1.Cl. The van der Waals surface area contributed by atoms with Gasteiger partial charge >= 0.3 is 6.36 Å². The molecule has 0 bridgehead atoms. The molecule has 9 heteroatoms. The Morgan fingerprint density at radius 2 is 1.92 bits per heavy atom. The first kappa shape index (κ1) is 20.8. The van der Waals surface area contributed by atoms with Crippen LogP contribution in [0.15, 0.2) is 35.7 Å². The summed E-state index contributed by atoms with van der Waals surface area (Å²) in [5.74, 6) is 0.312. The molecule has 1 fully saturated rings. The molecule has 0 aliphatic carbocycles. The van der Waals surface area contributed by atoms with Crippen molar-refractivity contribution in [3.05, 3.63) is 46.2 Å². The van der Waals surface area contributed by atoms with E-state index >= 15 is 0 Å². The third-order valence-corrected chi connectivity index (χ3v) is 4.98. The topological polar surface area (TPSA) is 33.7 Å². The molecule has 1 saturated heterocycles. The van der Waals surface area contributed by atoms with Gasteiger partial charge in [-0.3, -0.25) is 4.90 Å². The molecule has 1 atom stereocenters. The van der Waals surface area contributed by atoms with Gasteiger partial charge in [-0.2, -0.15) is 0 Å². The minimum atomic E-state index is -4.72. The van der Waals surface area contributed by atoms with E-state index in [9.17, 15) is 13.2 Å². The van der Waals surface area contributed by atoms with E-state index in [0.29, 0.717) is 11.3 Å². The Morgan fingerprint density at radius 3 is 2.50 bits per heavy atom. The summed E-state index contributed by atoms with van der Waals surface area (Å²) in [5, 5.41) is 5.26. The number of nitrogens with one attached hydrogen (secondary N) is 1. The minimum Gasteiger partial charge on any atom is -0.496 e. The van der Waals surface area contributed by atoms with Crippen LogP contribution in [-0.2, 0) is 0 Å². The second-order valence-corrected chi connectivity index (χ2v) is 6.63. The highest BCUT2D eigenvalue weighted by Gasteiger charge is 2.33.